The van der Waals surface area contributed by atoms with Crippen molar-refractivity contribution in [3.63, 3.8) is 0 Å². The Balaban J connectivity index is 0.0000000919. The van der Waals surface area contributed by atoms with E-state index in [1.165, 1.54) is 197 Å². The standard InChI is InChI=1S/4C25H18N2/c1-26-20-12-5-4-11-19(20)25-23(26)15-8-16-24(25)27-21-13-6-2-9-17(21)18-10-3-7-14-22(18)27;1-26-21-13-5-2-11-19(21)20-12-8-16-24(25(20)26)27-22-14-6-3-9-17(22)18-10-4-7-15-23(18)27;1-26-22-11-5-2-10-20(22)21-16-17(14-15-23(21)26)27-24-12-6-3-8-18(24)19-9-4-7-13-25(19)27;1-26-22-11-5-2-8-18(22)21-15-14-17(16-25(21)26)27-23-12-6-3-9-19(23)20-10-4-7-13-24(20)27/h4*2-16H,1H3. The first kappa shape index (κ1) is 62.5. The largest absolute Gasteiger partial charge is 0.344 e. The van der Waals surface area contributed by atoms with Crippen LogP contribution < -0.4 is 0 Å². The Hall–Kier alpha value is -14.1. The molecule has 16 aromatic carbocycles. The summed E-state index contributed by atoms with van der Waals surface area (Å²) in [6.45, 7) is 0. The molecule has 0 N–H and O–H groups in total. The molecule has 0 aliphatic carbocycles. The first-order chi connectivity index (χ1) is 53.3. The van der Waals surface area contributed by atoms with Crippen molar-refractivity contribution in [3.8, 4) is 22.7 Å². The fraction of sp³-hybridized carbons (Fsp3) is 0.0400. The van der Waals surface area contributed by atoms with Gasteiger partial charge in [0.2, 0.25) is 0 Å². The van der Waals surface area contributed by atoms with E-state index in [0.717, 1.165) is 0 Å². The van der Waals surface area contributed by atoms with Gasteiger partial charge in [0.05, 0.1) is 72.1 Å². The van der Waals surface area contributed by atoms with Crippen LogP contribution in [0.3, 0.4) is 0 Å². The third-order valence-electron chi connectivity index (χ3n) is 22.9. The van der Waals surface area contributed by atoms with Crippen molar-refractivity contribution in [2.24, 2.45) is 28.2 Å². The van der Waals surface area contributed by atoms with E-state index in [1.54, 1.807) is 0 Å². The van der Waals surface area contributed by atoms with Gasteiger partial charge in [-0.2, -0.15) is 0 Å². The van der Waals surface area contributed by atoms with E-state index < -0.39 is 0 Å². The van der Waals surface area contributed by atoms with Crippen molar-refractivity contribution >= 4 is 174 Å². The highest BCUT2D eigenvalue weighted by atomic mass is 15.0. The van der Waals surface area contributed by atoms with Crippen LogP contribution in [0.15, 0.2) is 364 Å². The van der Waals surface area contributed by atoms with E-state index in [4.69, 9.17) is 0 Å². The van der Waals surface area contributed by atoms with Gasteiger partial charge >= 0.3 is 0 Å². The van der Waals surface area contributed by atoms with Gasteiger partial charge in [0.1, 0.15) is 0 Å². The molecular formula is C100H72N8. The highest BCUT2D eigenvalue weighted by Gasteiger charge is 2.22. The summed E-state index contributed by atoms with van der Waals surface area (Å²) >= 11 is 0. The lowest BCUT2D eigenvalue weighted by Gasteiger charge is -2.11. The molecule has 0 aliphatic heterocycles. The lowest BCUT2D eigenvalue weighted by molar-refractivity contribution is 1.00. The average Bonchev–Trinajstić information content (AvgIpc) is 1.59. The molecule has 8 heterocycles. The fourth-order valence-electron chi connectivity index (χ4n) is 18.1. The van der Waals surface area contributed by atoms with Gasteiger partial charge in [-0.05, 0) is 121 Å². The molecule has 24 aromatic rings. The Kier molecular flexibility index (Phi) is 14.3. The van der Waals surface area contributed by atoms with Crippen LogP contribution in [-0.2, 0) is 28.2 Å². The number of aromatic nitrogens is 8. The number of aryl methyl sites for hydroxylation is 4. The maximum Gasteiger partial charge on any atom is 0.0733 e. The van der Waals surface area contributed by atoms with Gasteiger partial charge in [0, 0.05) is 153 Å². The molecule has 512 valence electrons. The van der Waals surface area contributed by atoms with Crippen LogP contribution in [0, 0.1) is 0 Å². The number of rotatable bonds is 4. The number of para-hydroxylation sites is 13. The first-order valence-electron chi connectivity index (χ1n) is 37.2. The topological polar surface area (TPSA) is 39.4 Å². The molecule has 8 aromatic heterocycles. The van der Waals surface area contributed by atoms with Crippen LogP contribution in [-0.4, -0.2) is 36.5 Å². The highest BCUT2D eigenvalue weighted by molar-refractivity contribution is 6.19. The lowest BCUT2D eigenvalue weighted by atomic mass is 10.1. The molecule has 24 rings (SSSR count). The molecule has 8 heteroatoms. The van der Waals surface area contributed by atoms with Gasteiger partial charge in [-0.25, -0.2) is 0 Å². The van der Waals surface area contributed by atoms with Crippen LogP contribution in [0.1, 0.15) is 0 Å². The Labute approximate surface area is 622 Å². The Morgan fingerprint density at radius 2 is 0.398 bits per heavy atom. The van der Waals surface area contributed by atoms with E-state index >= 15 is 0 Å². The monoisotopic (exact) mass is 1380 g/mol. The van der Waals surface area contributed by atoms with Gasteiger partial charge < -0.3 is 36.5 Å². The van der Waals surface area contributed by atoms with Crippen molar-refractivity contribution in [1.82, 2.24) is 36.5 Å². The Bertz CT molecular complexity index is 7520. The molecule has 0 spiro atoms. The van der Waals surface area contributed by atoms with E-state index in [2.05, 4.69) is 429 Å². The van der Waals surface area contributed by atoms with E-state index in [0.29, 0.717) is 0 Å². The normalized spacial score (nSPS) is 11.9. The minimum atomic E-state index is 1.20. The summed E-state index contributed by atoms with van der Waals surface area (Å²) in [5.74, 6) is 0. The zero-order valence-corrected chi connectivity index (χ0v) is 60.2. The molecule has 108 heavy (non-hydrogen) atoms. The maximum atomic E-state index is 2.42. The molecule has 0 amide bonds. The fourth-order valence-corrected chi connectivity index (χ4v) is 18.1. The second-order valence-corrected chi connectivity index (χ2v) is 28.5. The molecule has 0 saturated heterocycles. The Morgan fingerprint density at radius 3 is 0.833 bits per heavy atom. The molecule has 0 radical (unpaired) electrons. The van der Waals surface area contributed by atoms with E-state index in [1.807, 2.05) is 0 Å². The zero-order valence-electron chi connectivity index (χ0n) is 60.2. The first-order valence-corrected chi connectivity index (χ1v) is 37.2. The number of hydrogen-bond donors (Lipinski definition) is 0. The average molecular weight is 1390 g/mol. The third kappa shape index (κ3) is 9.43. The zero-order chi connectivity index (χ0) is 71.8. The number of fused-ring (bicyclic) bond motifs is 24. The van der Waals surface area contributed by atoms with Crippen LogP contribution in [0.2, 0.25) is 0 Å². The molecule has 0 saturated carbocycles. The minimum absolute atomic E-state index is 1.20. The molecular weight excluding hydrogens is 1310 g/mol. The SMILES string of the molecule is Cn1c2ccccc2c2c(-n3c4ccccc4c4ccccc43)cccc21.Cn1c2ccccc2c2cc(-n3c4ccccc4c4ccccc43)ccc21.Cn1c2ccccc2c2ccc(-n3c4ccccc4c4ccccc43)cc21.Cn1c2ccccc2c2cccc(-n3c4ccccc4c4ccccc43)c21. The summed E-state index contributed by atoms with van der Waals surface area (Å²) < 4.78 is 18.8. The van der Waals surface area contributed by atoms with E-state index in [9.17, 15) is 0 Å². The minimum Gasteiger partial charge on any atom is -0.344 e. The molecule has 8 nitrogen and oxygen atoms in total. The predicted octanol–water partition coefficient (Wildman–Crippen LogP) is 25.7. The van der Waals surface area contributed by atoms with Gasteiger partial charge in [-0.15, -0.1) is 0 Å². The van der Waals surface area contributed by atoms with Crippen LogP contribution >= 0.6 is 0 Å². The molecule has 0 bridgehead atoms. The number of hydrogen-bond acceptors (Lipinski definition) is 0. The lowest BCUT2D eigenvalue weighted by Crippen LogP contribution is -1.98. The molecule has 0 unspecified atom stereocenters. The van der Waals surface area contributed by atoms with Gasteiger partial charge in [0.15, 0.2) is 0 Å². The smallest absolute Gasteiger partial charge is 0.0733 e. The molecule has 0 fully saturated rings. The maximum absolute atomic E-state index is 2.42. The summed E-state index contributed by atoms with van der Waals surface area (Å²) in [5.41, 5.74) is 25.0. The van der Waals surface area contributed by atoms with Crippen molar-refractivity contribution < 1.29 is 0 Å². The van der Waals surface area contributed by atoms with Crippen molar-refractivity contribution in [3.05, 3.63) is 364 Å². The highest BCUT2D eigenvalue weighted by Crippen LogP contribution is 2.43. The summed E-state index contributed by atoms with van der Waals surface area (Å²) in [5, 5.41) is 20.8. The number of benzene rings is 16. The molecule has 0 aliphatic rings. The van der Waals surface area contributed by atoms with Gasteiger partial charge in [-0.1, -0.05) is 243 Å². The summed E-state index contributed by atoms with van der Waals surface area (Å²) in [7, 11) is 8.62. The van der Waals surface area contributed by atoms with Gasteiger partial charge in [-0.3, -0.25) is 0 Å². The summed E-state index contributed by atoms with van der Waals surface area (Å²) in [6, 6.07) is 131. The molecule has 0 atom stereocenters. The second kappa shape index (κ2) is 24.8. The van der Waals surface area contributed by atoms with Crippen LogP contribution in [0.4, 0.5) is 0 Å². The number of nitrogens with zero attached hydrogens (tertiary/aromatic N) is 8. The quantitative estimate of drug-likeness (QED) is 0.168. The van der Waals surface area contributed by atoms with Gasteiger partial charge in [0.25, 0.3) is 0 Å². The van der Waals surface area contributed by atoms with Crippen molar-refractivity contribution in [2.45, 2.75) is 0 Å². The predicted molar refractivity (Wildman–Crippen MR) is 459 cm³/mol. The second-order valence-electron chi connectivity index (χ2n) is 28.5. The van der Waals surface area contributed by atoms with Crippen LogP contribution in [0.25, 0.3) is 197 Å². The van der Waals surface area contributed by atoms with E-state index in [-0.39, 0.29) is 0 Å². The van der Waals surface area contributed by atoms with Crippen molar-refractivity contribution in [2.75, 3.05) is 0 Å². The third-order valence-corrected chi connectivity index (χ3v) is 22.9. The Morgan fingerprint density at radius 1 is 0.148 bits per heavy atom. The van der Waals surface area contributed by atoms with Crippen molar-refractivity contribution in [1.29, 1.82) is 0 Å². The summed E-state index contributed by atoms with van der Waals surface area (Å²) in [6.07, 6.45) is 0. The van der Waals surface area contributed by atoms with Crippen LogP contribution in [0.5, 0.6) is 0 Å². The summed E-state index contributed by atoms with van der Waals surface area (Å²) in [4.78, 5) is 0.